The number of carbonyl (C=O) groups excluding carboxylic acids is 1. The first-order valence-corrected chi connectivity index (χ1v) is 10.5. The molecule has 3 aromatic carbocycles. The number of hydrogen-bond acceptors (Lipinski definition) is 4. The van der Waals surface area contributed by atoms with Crippen LogP contribution in [0.3, 0.4) is 0 Å². The third kappa shape index (κ3) is 5.70. The molecule has 2 amide bonds. The molecule has 3 rings (SSSR count). The average molecular weight is 447 g/mol. The molecule has 162 valence electrons. The lowest BCUT2D eigenvalue weighted by Gasteiger charge is -2.20. The molecule has 2 N–H and O–H groups in total. The zero-order chi connectivity index (χ0) is 22.4. The number of amides is 2. The van der Waals surface area contributed by atoms with Gasteiger partial charge in [0.25, 0.3) is 10.0 Å². The second-order valence-electron chi connectivity index (χ2n) is 6.32. The Bertz CT molecular complexity index is 1140. The first-order chi connectivity index (χ1) is 14.8. The van der Waals surface area contributed by atoms with E-state index in [4.69, 9.17) is 0 Å². The van der Waals surface area contributed by atoms with Gasteiger partial charge in [-0.25, -0.2) is 13.2 Å². The lowest BCUT2D eigenvalue weighted by molar-refractivity contribution is -0.0499. The second-order valence-corrected chi connectivity index (χ2v) is 8.29. The maximum atomic E-state index is 12.8. The van der Waals surface area contributed by atoms with Gasteiger partial charge in [-0.3, -0.25) is 4.31 Å². The van der Waals surface area contributed by atoms with E-state index in [1.165, 1.54) is 37.4 Å². The average Bonchev–Trinajstić information content (AvgIpc) is 2.74. The number of alkyl halides is 2. The van der Waals surface area contributed by atoms with Gasteiger partial charge in [0.1, 0.15) is 5.75 Å². The van der Waals surface area contributed by atoms with Crippen LogP contribution in [0.2, 0.25) is 0 Å². The van der Waals surface area contributed by atoms with Crippen LogP contribution in [0.4, 0.5) is 30.6 Å². The molecule has 0 heterocycles. The van der Waals surface area contributed by atoms with E-state index >= 15 is 0 Å². The molecule has 0 fully saturated rings. The fraction of sp³-hybridized carbons (Fsp3) is 0.0952. The van der Waals surface area contributed by atoms with Gasteiger partial charge < -0.3 is 15.4 Å². The molecule has 0 aliphatic heterocycles. The number of para-hydroxylation sites is 1. The first-order valence-electron chi connectivity index (χ1n) is 9.02. The van der Waals surface area contributed by atoms with Gasteiger partial charge in [-0.1, -0.05) is 24.3 Å². The molecule has 0 unspecified atom stereocenters. The van der Waals surface area contributed by atoms with E-state index in [0.29, 0.717) is 17.1 Å². The van der Waals surface area contributed by atoms with Crippen LogP contribution in [-0.4, -0.2) is 28.1 Å². The minimum absolute atomic E-state index is 0.197. The van der Waals surface area contributed by atoms with Gasteiger partial charge in [0.2, 0.25) is 0 Å². The maximum Gasteiger partial charge on any atom is 0.387 e. The molecule has 0 bridgehead atoms. The van der Waals surface area contributed by atoms with E-state index in [0.717, 1.165) is 10.4 Å². The van der Waals surface area contributed by atoms with E-state index in [-0.39, 0.29) is 10.6 Å². The lowest BCUT2D eigenvalue weighted by Crippen LogP contribution is -2.26. The van der Waals surface area contributed by atoms with E-state index in [1.807, 2.05) is 6.07 Å². The molecule has 0 aromatic heterocycles. The van der Waals surface area contributed by atoms with Crippen molar-refractivity contribution < 1.29 is 26.7 Å². The third-order valence-electron chi connectivity index (χ3n) is 4.21. The summed E-state index contributed by atoms with van der Waals surface area (Å²) in [7, 11) is -2.68. The highest BCUT2D eigenvalue weighted by Gasteiger charge is 2.22. The number of urea groups is 1. The fourth-order valence-electron chi connectivity index (χ4n) is 2.68. The molecule has 0 aliphatic rings. The monoisotopic (exact) mass is 447 g/mol. The summed E-state index contributed by atoms with van der Waals surface area (Å²) in [4.78, 5) is 11.9. The van der Waals surface area contributed by atoms with Crippen molar-refractivity contribution >= 4 is 33.1 Å². The van der Waals surface area contributed by atoms with Crippen LogP contribution in [0.5, 0.6) is 5.75 Å². The highest BCUT2D eigenvalue weighted by molar-refractivity contribution is 7.92. The standard InChI is InChI=1S/C21H19F2N3O4S/c1-26(31(28,29)19-9-5-8-18(14-19)30-20(22)23)17-12-10-16(11-13-17)25-21(27)24-15-6-3-2-4-7-15/h2-14,20H,1H3,(H2,24,25,27). The minimum atomic E-state index is -4.02. The van der Waals surface area contributed by atoms with Crippen molar-refractivity contribution in [2.75, 3.05) is 22.0 Å². The molecule has 7 nitrogen and oxygen atoms in total. The van der Waals surface area contributed by atoms with Gasteiger partial charge in [0, 0.05) is 24.5 Å². The Morgan fingerprint density at radius 1 is 0.903 bits per heavy atom. The second kappa shape index (κ2) is 9.43. The number of nitrogens with zero attached hydrogens (tertiary/aromatic N) is 1. The van der Waals surface area contributed by atoms with Crippen molar-refractivity contribution in [1.29, 1.82) is 0 Å². The van der Waals surface area contributed by atoms with Crippen molar-refractivity contribution in [3.8, 4) is 5.75 Å². The van der Waals surface area contributed by atoms with E-state index < -0.39 is 22.7 Å². The maximum absolute atomic E-state index is 12.8. The highest BCUT2D eigenvalue weighted by Crippen LogP contribution is 2.26. The molecule has 0 aliphatic carbocycles. The number of carbonyl (C=O) groups is 1. The molecule has 0 saturated carbocycles. The number of ether oxygens (including phenoxy) is 1. The van der Waals surface area contributed by atoms with Crippen molar-refractivity contribution in [3.63, 3.8) is 0 Å². The topological polar surface area (TPSA) is 87.7 Å². The van der Waals surface area contributed by atoms with E-state index in [2.05, 4.69) is 15.4 Å². The van der Waals surface area contributed by atoms with Crippen molar-refractivity contribution in [2.45, 2.75) is 11.5 Å². The van der Waals surface area contributed by atoms with Crippen LogP contribution in [0.15, 0.2) is 83.8 Å². The van der Waals surface area contributed by atoms with Crippen molar-refractivity contribution in [2.24, 2.45) is 0 Å². The summed E-state index contributed by atoms with van der Waals surface area (Å²) in [6.45, 7) is -3.06. The number of hydrogen-bond donors (Lipinski definition) is 2. The SMILES string of the molecule is CN(c1ccc(NC(=O)Nc2ccccc2)cc1)S(=O)(=O)c1cccc(OC(F)F)c1. The predicted molar refractivity (Wildman–Crippen MR) is 114 cm³/mol. The predicted octanol–water partition coefficient (Wildman–Crippen LogP) is 4.76. The van der Waals surface area contributed by atoms with Crippen LogP contribution in [-0.2, 0) is 10.0 Å². The van der Waals surface area contributed by atoms with E-state index in [9.17, 15) is 22.0 Å². The minimum Gasteiger partial charge on any atom is -0.435 e. The summed E-state index contributed by atoms with van der Waals surface area (Å²) < 4.78 is 55.8. The molecular weight excluding hydrogens is 428 g/mol. The largest absolute Gasteiger partial charge is 0.435 e. The van der Waals surface area contributed by atoms with Gasteiger partial charge in [-0.15, -0.1) is 0 Å². The van der Waals surface area contributed by atoms with Crippen LogP contribution in [0, 0.1) is 0 Å². The Balaban J connectivity index is 1.70. The van der Waals surface area contributed by atoms with Crippen LogP contribution in [0.25, 0.3) is 0 Å². The third-order valence-corrected chi connectivity index (χ3v) is 5.99. The molecule has 0 spiro atoms. The summed E-state index contributed by atoms with van der Waals surface area (Å²) in [5.41, 5.74) is 1.39. The van der Waals surface area contributed by atoms with Gasteiger partial charge in [0.05, 0.1) is 10.6 Å². The van der Waals surface area contributed by atoms with Gasteiger partial charge >= 0.3 is 12.6 Å². The number of sulfonamides is 1. The Kier molecular flexibility index (Phi) is 6.71. The Morgan fingerprint density at radius 3 is 2.13 bits per heavy atom. The summed E-state index contributed by atoms with van der Waals surface area (Å²) in [5, 5.41) is 5.32. The Hall–Kier alpha value is -3.66. The van der Waals surface area contributed by atoms with E-state index in [1.54, 1.807) is 36.4 Å². The zero-order valence-electron chi connectivity index (χ0n) is 16.3. The number of benzene rings is 3. The van der Waals surface area contributed by atoms with Crippen molar-refractivity contribution in [1.82, 2.24) is 0 Å². The van der Waals surface area contributed by atoms with Gasteiger partial charge in [-0.2, -0.15) is 8.78 Å². The number of anilines is 3. The summed E-state index contributed by atoms with van der Waals surface area (Å²) in [6, 6.07) is 19.4. The molecule has 3 aromatic rings. The Labute approximate surface area is 178 Å². The van der Waals surface area contributed by atoms with Crippen LogP contribution < -0.4 is 19.7 Å². The lowest BCUT2D eigenvalue weighted by atomic mass is 10.3. The van der Waals surface area contributed by atoms with Gasteiger partial charge in [0.15, 0.2) is 0 Å². The number of rotatable bonds is 7. The molecule has 31 heavy (non-hydrogen) atoms. The summed E-state index contributed by atoms with van der Waals surface area (Å²) in [5.74, 6) is -0.256. The molecule has 0 saturated heterocycles. The molecule has 0 atom stereocenters. The molecule has 0 radical (unpaired) electrons. The number of nitrogens with one attached hydrogen (secondary N) is 2. The fourth-order valence-corrected chi connectivity index (χ4v) is 3.91. The van der Waals surface area contributed by atoms with Crippen LogP contribution in [0.1, 0.15) is 0 Å². The number of halogens is 2. The van der Waals surface area contributed by atoms with Crippen molar-refractivity contribution in [3.05, 3.63) is 78.9 Å². The summed E-state index contributed by atoms with van der Waals surface area (Å²) in [6.07, 6.45) is 0. The molecule has 10 heteroatoms. The first kappa shape index (κ1) is 22.0. The van der Waals surface area contributed by atoms with Gasteiger partial charge in [-0.05, 0) is 48.5 Å². The molecular formula is C21H19F2N3O4S. The quantitative estimate of drug-likeness (QED) is 0.547. The summed E-state index contributed by atoms with van der Waals surface area (Å²) >= 11 is 0. The highest BCUT2D eigenvalue weighted by atomic mass is 32.2. The zero-order valence-corrected chi connectivity index (χ0v) is 17.1. The smallest absolute Gasteiger partial charge is 0.387 e. The van der Waals surface area contributed by atoms with Crippen LogP contribution >= 0.6 is 0 Å². The normalized spacial score (nSPS) is 11.1. The Morgan fingerprint density at radius 2 is 1.52 bits per heavy atom.